The molecule has 178 valence electrons. The van der Waals surface area contributed by atoms with Crippen LogP contribution in [0.15, 0.2) is 0 Å². The molecule has 0 aromatic heterocycles. The van der Waals surface area contributed by atoms with E-state index < -0.39 is 29.8 Å². The van der Waals surface area contributed by atoms with Gasteiger partial charge in [0.2, 0.25) is 5.91 Å². The second-order valence-electron chi connectivity index (χ2n) is 10.2. The van der Waals surface area contributed by atoms with Gasteiger partial charge in [-0.25, -0.2) is 4.79 Å². The number of carbonyl (C=O) groups is 2. The first kappa shape index (κ1) is 24.1. The zero-order valence-electron chi connectivity index (χ0n) is 18.9. The van der Waals surface area contributed by atoms with E-state index in [0.717, 1.165) is 25.8 Å². The summed E-state index contributed by atoms with van der Waals surface area (Å²) in [6, 6.07) is -0.451. The summed E-state index contributed by atoms with van der Waals surface area (Å²) in [7, 11) is 0. The van der Waals surface area contributed by atoms with Crippen molar-refractivity contribution < 1.29 is 27.5 Å². The van der Waals surface area contributed by atoms with Crippen LogP contribution in [0, 0.1) is 11.8 Å². The van der Waals surface area contributed by atoms with Crippen LogP contribution in [0.3, 0.4) is 0 Å². The monoisotopic (exact) mass is 447 g/mol. The average molecular weight is 448 g/mol. The lowest BCUT2D eigenvalue weighted by Gasteiger charge is -2.39. The summed E-state index contributed by atoms with van der Waals surface area (Å²) in [4.78, 5) is 31.1. The van der Waals surface area contributed by atoms with Gasteiger partial charge in [0.1, 0.15) is 11.6 Å². The van der Waals surface area contributed by atoms with Gasteiger partial charge in [-0.2, -0.15) is 13.2 Å². The number of likely N-dealkylation sites (tertiary alicyclic amines) is 3. The van der Waals surface area contributed by atoms with Crippen molar-refractivity contribution in [2.24, 2.45) is 11.8 Å². The minimum absolute atomic E-state index is 0.00667. The smallest absolute Gasteiger partial charge is 0.410 e. The number of hydrogen-bond donors (Lipinski definition) is 0. The standard InChI is InChI=1S/C22H36F3N3O3/c1-21(2,3)31-20(30)28-10-4-5-18(28)19(29)27-13-6-16(7-14-27)15-26-11-8-17(9-12-26)22(23,24)25/h16-18H,4-15H2,1-3H3/t18-/m0/s1. The normalized spacial score (nSPS) is 25.2. The van der Waals surface area contributed by atoms with E-state index in [0.29, 0.717) is 45.1 Å². The lowest BCUT2D eigenvalue weighted by atomic mass is 9.92. The van der Waals surface area contributed by atoms with Gasteiger partial charge in [-0.3, -0.25) is 9.69 Å². The van der Waals surface area contributed by atoms with Crippen LogP contribution in [0.1, 0.15) is 59.3 Å². The van der Waals surface area contributed by atoms with Crippen molar-refractivity contribution in [3.05, 3.63) is 0 Å². The number of rotatable bonds is 3. The number of hydrogen-bond acceptors (Lipinski definition) is 4. The van der Waals surface area contributed by atoms with Crippen LogP contribution in [0.2, 0.25) is 0 Å². The summed E-state index contributed by atoms with van der Waals surface area (Å²) in [5.41, 5.74) is -0.597. The van der Waals surface area contributed by atoms with Crippen molar-refractivity contribution in [2.75, 3.05) is 39.3 Å². The Morgan fingerprint density at radius 3 is 2.06 bits per heavy atom. The number of alkyl halides is 3. The number of halogens is 3. The van der Waals surface area contributed by atoms with Crippen LogP contribution in [0.5, 0.6) is 0 Å². The third kappa shape index (κ3) is 6.49. The van der Waals surface area contributed by atoms with Gasteiger partial charge in [0.15, 0.2) is 0 Å². The molecule has 0 aliphatic carbocycles. The first-order valence-corrected chi connectivity index (χ1v) is 11.5. The molecule has 3 fully saturated rings. The Morgan fingerprint density at radius 2 is 1.52 bits per heavy atom. The molecule has 31 heavy (non-hydrogen) atoms. The zero-order valence-corrected chi connectivity index (χ0v) is 18.9. The van der Waals surface area contributed by atoms with Gasteiger partial charge in [0.05, 0.1) is 5.92 Å². The maximum atomic E-state index is 13.1. The number of amides is 2. The fraction of sp³-hybridized carbons (Fsp3) is 0.909. The van der Waals surface area contributed by atoms with E-state index in [1.807, 2.05) is 25.7 Å². The van der Waals surface area contributed by atoms with Gasteiger partial charge in [0.25, 0.3) is 0 Å². The lowest BCUT2D eigenvalue weighted by Crippen LogP contribution is -2.51. The van der Waals surface area contributed by atoms with E-state index in [-0.39, 0.29) is 18.7 Å². The molecular formula is C22H36F3N3O3. The molecule has 0 aromatic carbocycles. The van der Waals surface area contributed by atoms with Crippen molar-refractivity contribution in [3.8, 4) is 0 Å². The van der Waals surface area contributed by atoms with Gasteiger partial charge < -0.3 is 14.5 Å². The lowest BCUT2D eigenvalue weighted by molar-refractivity contribution is -0.185. The molecule has 2 amide bonds. The van der Waals surface area contributed by atoms with Crippen LogP contribution < -0.4 is 0 Å². The van der Waals surface area contributed by atoms with E-state index in [1.165, 1.54) is 0 Å². The van der Waals surface area contributed by atoms with Crippen molar-refractivity contribution in [1.82, 2.24) is 14.7 Å². The Balaban J connectivity index is 1.44. The Hall–Kier alpha value is -1.51. The van der Waals surface area contributed by atoms with Crippen molar-refractivity contribution in [3.63, 3.8) is 0 Å². The van der Waals surface area contributed by atoms with E-state index in [4.69, 9.17) is 4.74 Å². The second-order valence-corrected chi connectivity index (χ2v) is 10.2. The molecular weight excluding hydrogens is 411 g/mol. The highest BCUT2D eigenvalue weighted by molar-refractivity contribution is 5.86. The Morgan fingerprint density at radius 1 is 0.903 bits per heavy atom. The molecule has 3 aliphatic heterocycles. The molecule has 0 unspecified atom stereocenters. The highest BCUT2D eigenvalue weighted by Crippen LogP contribution is 2.34. The summed E-state index contributed by atoms with van der Waals surface area (Å²) in [6.45, 7) is 9.06. The average Bonchev–Trinajstić information content (AvgIpc) is 3.16. The quantitative estimate of drug-likeness (QED) is 0.659. The summed E-state index contributed by atoms with van der Waals surface area (Å²) in [6.07, 6.45) is -0.988. The molecule has 9 heteroatoms. The molecule has 3 heterocycles. The first-order chi connectivity index (χ1) is 14.4. The van der Waals surface area contributed by atoms with Crippen molar-refractivity contribution in [2.45, 2.75) is 77.1 Å². The minimum Gasteiger partial charge on any atom is -0.444 e. The van der Waals surface area contributed by atoms with Crippen LogP contribution in [-0.4, -0.2) is 83.8 Å². The van der Waals surface area contributed by atoms with Crippen molar-refractivity contribution >= 4 is 12.0 Å². The van der Waals surface area contributed by atoms with Gasteiger partial charge in [0, 0.05) is 26.2 Å². The fourth-order valence-electron chi connectivity index (χ4n) is 4.92. The molecule has 3 saturated heterocycles. The largest absolute Gasteiger partial charge is 0.444 e. The maximum Gasteiger partial charge on any atom is 0.410 e. The van der Waals surface area contributed by atoms with E-state index in [1.54, 1.807) is 4.90 Å². The van der Waals surface area contributed by atoms with Crippen LogP contribution in [0.25, 0.3) is 0 Å². The fourth-order valence-corrected chi connectivity index (χ4v) is 4.92. The van der Waals surface area contributed by atoms with Gasteiger partial charge in [-0.05, 0) is 78.3 Å². The van der Waals surface area contributed by atoms with E-state index >= 15 is 0 Å². The van der Waals surface area contributed by atoms with Crippen LogP contribution >= 0.6 is 0 Å². The predicted octanol–water partition coefficient (Wildman–Crippen LogP) is 3.90. The molecule has 0 aromatic rings. The summed E-state index contributed by atoms with van der Waals surface area (Å²) < 4.78 is 44.0. The molecule has 0 radical (unpaired) electrons. The van der Waals surface area contributed by atoms with Crippen molar-refractivity contribution in [1.29, 1.82) is 0 Å². The summed E-state index contributed by atoms with van der Waals surface area (Å²) in [5, 5.41) is 0. The zero-order chi connectivity index (χ0) is 22.8. The van der Waals surface area contributed by atoms with Crippen LogP contribution in [-0.2, 0) is 9.53 Å². The molecule has 3 aliphatic rings. The van der Waals surface area contributed by atoms with Gasteiger partial charge in [-0.1, -0.05) is 0 Å². The Kier molecular flexibility index (Phi) is 7.43. The minimum atomic E-state index is -4.08. The topological polar surface area (TPSA) is 53.1 Å². The number of piperidine rings is 2. The predicted molar refractivity (Wildman–Crippen MR) is 110 cm³/mol. The molecule has 3 rings (SSSR count). The Labute approximate surface area is 183 Å². The number of nitrogens with zero attached hydrogens (tertiary/aromatic N) is 3. The third-order valence-electron chi connectivity index (χ3n) is 6.66. The Bertz CT molecular complexity index is 634. The van der Waals surface area contributed by atoms with Gasteiger partial charge >= 0.3 is 12.3 Å². The second kappa shape index (κ2) is 9.55. The molecule has 1 atom stereocenters. The molecule has 0 bridgehead atoms. The van der Waals surface area contributed by atoms with Gasteiger partial charge in [-0.15, -0.1) is 0 Å². The van der Waals surface area contributed by atoms with E-state index in [2.05, 4.69) is 4.90 Å². The maximum absolute atomic E-state index is 13.1. The highest BCUT2D eigenvalue weighted by atomic mass is 19.4. The summed E-state index contributed by atoms with van der Waals surface area (Å²) >= 11 is 0. The van der Waals surface area contributed by atoms with E-state index in [9.17, 15) is 22.8 Å². The number of ether oxygens (including phenoxy) is 1. The molecule has 0 spiro atoms. The SMILES string of the molecule is CC(C)(C)OC(=O)N1CCC[C@H]1C(=O)N1CCC(CN2CCC(C(F)(F)F)CC2)CC1. The summed E-state index contributed by atoms with van der Waals surface area (Å²) in [5.74, 6) is -0.771. The number of carbonyl (C=O) groups excluding carboxylic acids is 2. The third-order valence-corrected chi connectivity index (χ3v) is 6.66. The first-order valence-electron chi connectivity index (χ1n) is 11.5. The highest BCUT2D eigenvalue weighted by Gasteiger charge is 2.42. The van der Waals surface area contributed by atoms with Crippen LogP contribution in [0.4, 0.5) is 18.0 Å². The molecule has 0 N–H and O–H groups in total. The molecule has 6 nitrogen and oxygen atoms in total. The molecule has 0 saturated carbocycles.